The number of aromatic nitrogens is 2. The van der Waals surface area contributed by atoms with Crippen LogP contribution in [0.4, 0.5) is 5.82 Å². The molecule has 14 heavy (non-hydrogen) atoms. The summed E-state index contributed by atoms with van der Waals surface area (Å²) in [5.41, 5.74) is 4.83. The Balaban J connectivity index is 2.43. The lowest BCUT2D eigenvalue weighted by molar-refractivity contribution is 0.877. The summed E-state index contributed by atoms with van der Waals surface area (Å²) in [4.78, 5) is 8.95. The van der Waals surface area contributed by atoms with Crippen molar-refractivity contribution in [3.8, 4) is 0 Å². The van der Waals surface area contributed by atoms with Crippen molar-refractivity contribution in [3.05, 3.63) is 17.1 Å². The first-order chi connectivity index (χ1) is 6.76. The molecular weight excluding hydrogens is 176 g/mol. The quantitative estimate of drug-likeness (QED) is 0.563. The van der Waals surface area contributed by atoms with Crippen molar-refractivity contribution in [2.45, 2.75) is 39.0 Å². The van der Waals surface area contributed by atoms with Crippen LogP contribution in [0.5, 0.6) is 0 Å². The standard InChI is InChI=1S/C10H16N4/c1-3-8-6(2)12-9(7-4-5-7)13-10(8)14-11/h7H,3-5,11H2,1-2H3,(H,12,13,14). The molecule has 1 aromatic heterocycles. The maximum absolute atomic E-state index is 5.44. The van der Waals surface area contributed by atoms with Crippen LogP contribution in [0.3, 0.4) is 0 Å². The lowest BCUT2D eigenvalue weighted by Gasteiger charge is -2.10. The van der Waals surface area contributed by atoms with Crippen molar-refractivity contribution in [1.29, 1.82) is 0 Å². The molecule has 0 spiro atoms. The second-order valence-electron chi connectivity index (χ2n) is 3.77. The lowest BCUT2D eigenvalue weighted by Crippen LogP contribution is -2.14. The summed E-state index contributed by atoms with van der Waals surface area (Å²) in [5, 5.41) is 0. The van der Waals surface area contributed by atoms with E-state index in [2.05, 4.69) is 22.3 Å². The Morgan fingerprint density at radius 2 is 2.14 bits per heavy atom. The van der Waals surface area contributed by atoms with Gasteiger partial charge in [-0.25, -0.2) is 15.8 Å². The van der Waals surface area contributed by atoms with E-state index in [4.69, 9.17) is 5.84 Å². The van der Waals surface area contributed by atoms with Gasteiger partial charge in [0.15, 0.2) is 0 Å². The first kappa shape index (κ1) is 9.40. The van der Waals surface area contributed by atoms with Gasteiger partial charge in [-0.2, -0.15) is 0 Å². The Labute approximate surface area is 83.9 Å². The van der Waals surface area contributed by atoms with Gasteiger partial charge in [-0.05, 0) is 26.2 Å². The van der Waals surface area contributed by atoms with Gasteiger partial charge in [0, 0.05) is 17.2 Å². The highest BCUT2D eigenvalue weighted by Crippen LogP contribution is 2.38. The number of hydrogen-bond acceptors (Lipinski definition) is 4. The third kappa shape index (κ3) is 1.57. The zero-order valence-corrected chi connectivity index (χ0v) is 8.67. The van der Waals surface area contributed by atoms with Gasteiger partial charge in [-0.1, -0.05) is 6.92 Å². The molecule has 3 N–H and O–H groups in total. The predicted molar refractivity (Wildman–Crippen MR) is 55.9 cm³/mol. The van der Waals surface area contributed by atoms with Crippen molar-refractivity contribution < 1.29 is 0 Å². The average molecular weight is 192 g/mol. The summed E-state index contributed by atoms with van der Waals surface area (Å²) in [7, 11) is 0. The fraction of sp³-hybridized carbons (Fsp3) is 0.600. The minimum Gasteiger partial charge on any atom is -0.308 e. The number of nitrogens with one attached hydrogen (secondary N) is 1. The number of aryl methyl sites for hydroxylation is 1. The smallest absolute Gasteiger partial charge is 0.147 e. The zero-order valence-electron chi connectivity index (χ0n) is 8.67. The Morgan fingerprint density at radius 3 is 2.64 bits per heavy atom. The SMILES string of the molecule is CCc1c(C)nc(C2CC2)nc1NN. The molecule has 1 fully saturated rings. The summed E-state index contributed by atoms with van der Waals surface area (Å²) >= 11 is 0. The van der Waals surface area contributed by atoms with Crippen LogP contribution in [0.25, 0.3) is 0 Å². The Bertz CT molecular complexity index is 344. The van der Waals surface area contributed by atoms with Gasteiger partial charge in [0.05, 0.1) is 0 Å². The summed E-state index contributed by atoms with van der Waals surface area (Å²) in [6.07, 6.45) is 3.35. The highest BCUT2D eigenvalue weighted by Gasteiger charge is 2.27. The molecule has 0 aliphatic heterocycles. The van der Waals surface area contributed by atoms with E-state index < -0.39 is 0 Å². The molecule has 4 heteroatoms. The molecule has 0 radical (unpaired) electrons. The molecule has 0 saturated heterocycles. The molecule has 1 heterocycles. The highest BCUT2D eigenvalue weighted by atomic mass is 15.3. The minimum absolute atomic E-state index is 0.576. The van der Waals surface area contributed by atoms with Gasteiger partial charge >= 0.3 is 0 Å². The molecule has 1 aliphatic carbocycles. The third-order valence-electron chi connectivity index (χ3n) is 2.66. The molecular formula is C10H16N4. The van der Waals surface area contributed by atoms with E-state index in [9.17, 15) is 0 Å². The zero-order chi connectivity index (χ0) is 10.1. The van der Waals surface area contributed by atoms with Gasteiger partial charge < -0.3 is 5.43 Å². The van der Waals surface area contributed by atoms with Crippen LogP contribution in [0, 0.1) is 6.92 Å². The number of rotatable bonds is 3. The number of nitrogens with zero attached hydrogens (tertiary/aromatic N) is 2. The molecule has 2 rings (SSSR count). The predicted octanol–water partition coefficient (Wildman–Crippen LogP) is 1.51. The van der Waals surface area contributed by atoms with E-state index in [1.807, 2.05) is 6.92 Å². The first-order valence-corrected chi connectivity index (χ1v) is 5.10. The van der Waals surface area contributed by atoms with Crippen LogP contribution >= 0.6 is 0 Å². The van der Waals surface area contributed by atoms with Gasteiger partial charge in [0.2, 0.25) is 0 Å². The van der Waals surface area contributed by atoms with E-state index in [1.165, 1.54) is 12.8 Å². The molecule has 0 aromatic carbocycles. The largest absolute Gasteiger partial charge is 0.308 e. The monoisotopic (exact) mass is 192 g/mol. The van der Waals surface area contributed by atoms with Crippen LogP contribution in [-0.4, -0.2) is 9.97 Å². The van der Waals surface area contributed by atoms with Crippen LogP contribution in [0.1, 0.15) is 42.8 Å². The molecule has 4 nitrogen and oxygen atoms in total. The molecule has 76 valence electrons. The van der Waals surface area contributed by atoms with E-state index in [-0.39, 0.29) is 0 Å². The molecule has 0 atom stereocenters. The van der Waals surface area contributed by atoms with Crippen molar-refractivity contribution in [3.63, 3.8) is 0 Å². The van der Waals surface area contributed by atoms with E-state index in [1.54, 1.807) is 0 Å². The van der Waals surface area contributed by atoms with Crippen molar-refractivity contribution >= 4 is 5.82 Å². The van der Waals surface area contributed by atoms with E-state index in [0.29, 0.717) is 5.92 Å². The second-order valence-corrected chi connectivity index (χ2v) is 3.77. The fourth-order valence-electron chi connectivity index (χ4n) is 1.68. The second kappa shape index (κ2) is 3.53. The van der Waals surface area contributed by atoms with Crippen LogP contribution < -0.4 is 11.3 Å². The summed E-state index contributed by atoms with van der Waals surface area (Å²) in [5.74, 6) is 7.76. The molecule has 0 bridgehead atoms. The molecule has 1 saturated carbocycles. The van der Waals surface area contributed by atoms with Crippen LogP contribution in [0.2, 0.25) is 0 Å². The van der Waals surface area contributed by atoms with Gasteiger partial charge in [0.1, 0.15) is 11.6 Å². The Hall–Kier alpha value is -1.16. The third-order valence-corrected chi connectivity index (χ3v) is 2.66. The topological polar surface area (TPSA) is 63.8 Å². The van der Waals surface area contributed by atoms with Crippen molar-refractivity contribution in [2.24, 2.45) is 5.84 Å². The van der Waals surface area contributed by atoms with E-state index >= 15 is 0 Å². The number of nitrogen functional groups attached to an aromatic ring is 1. The number of hydrogen-bond donors (Lipinski definition) is 2. The minimum atomic E-state index is 0.576. The summed E-state index contributed by atoms with van der Waals surface area (Å²) in [6, 6.07) is 0. The van der Waals surface area contributed by atoms with Crippen molar-refractivity contribution in [1.82, 2.24) is 9.97 Å². The first-order valence-electron chi connectivity index (χ1n) is 5.10. The summed E-state index contributed by atoms with van der Waals surface area (Å²) in [6.45, 7) is 4.11. The maximum atomic E-state index is 5.44. The Kier molecular flexibility index (Phi) is 2.37. The summed E-state index contributed by atoms with van der Waals surface area (Å²) < 4.78 is 0. The molecule has 0 unspecified atom stereocenters. The van der Waals surface area contributed by atoms with Crippen LogP contribution in [0.15, 0.2) is 0 Å². The highest BCUT2D eigenvalue weighted by molar-refractivity contribution is 5.45. The fourth-order valence-corrected chi connectivity index (χ4v) is 1.68. The number of anilines is 1. The van der Waals surface area contributed by atoms with Crippen LogP contribution in [-0.2, 0) is 6.42 Å². The molecule has 0 amide bonds. The average Bonchev–Trinajstić information content (AvgIpc) is 2.99. The van der Waals surface area contributed by atoms with Gasteiger partial charge in [0.25, 0.3) is 0 Å². The van der Waals surface area contributed by atoms with Gasteiger partial charge in [-0.15, -0.1) is 0 Å². The Morgan fingerprint density at radius 1 is 1.43 bits per heavy atom. The maximum Gasteiger partial charge on any atom is 0.147 e. The molecule has 1 aromatic rings. The lowest BCUT2D eigenvalue weighted by atomic mass is 10.1. The van der Waals surface area contributed by atoms with Crippen molar-refractivity contribution in [2.75, 3.05) is 5.43 Å². The van der Waals surface area contributed by atoms with E-state index in [0.717, 1.165) is 29.3 Å². The number of hydrazine groups is 1. The molecule has 1 aliphatic rings. The van der Waals surface area contributed by atoms with Gasteiger partial charge in [-0.3, -0.25) is 0 Å². The normalized spacial score (nSPS) is 15.6. The number of nitrogens with two attached hydrogens (primary N) is 1.